The van der Waals surface area contributed by atoms with Gasteiger partial charge in [0, 0.05) is 5.56 Å². The van der Waals surface area contributed by atoms with Gasteiger partial charge < -0.3 is 0 Å². The maximum atomic E-state index is 12.8. The Bertz CT molecular complexity index is 763. The Balaban J connectivity index is 2.44. The van der Waals surface area contributed by atoms with E-state index in [2.05, 4.69) is 4.72 Å². The molecule has 0 heterocycles. The lowest BCUT2D eigenvalue weighted by molar-refractivity contribution is 0.0953. The van der Waals surface area contributed by atoms with Crippen LogP contribution in [-0.4, -0.2) is 18.9 Å². The van der Waals surface area contributed by atoms with Crippen LogP contribution >= 0.6 is 0 Å². The van der Waals surface area contributed by atoms with Gasteiger partial charge in [-0.25, -0.2) is 8.42 Å². The summed E-state index contributed by atoms with van der Waals surface area (Å²) in [6.07, 6.45) is 0. The lowest BCUT2D eigenvalue weighted by Crippen LogP contribution is -2.43. The van der Waals surface area contributed by atoms with Gasteiger partial charge in [-0.15, -0.1) is 0 Å². The van der Waals surface area contributed by atoms with Gasteiger partial charge in [0.2, 0.25) is 10.0 Å². The van der Waals surface area contributed by atoms with Crippen molar-refractivity contribution in [3.05, 3.63) is 71.8 Å². The van der Waals surface area contributed by atoms with Gasteiger partial charge >= 0.3 is 0 Å². The molecule has 0 unspecified atom stereocenters. The minimum Gasteiger partial charge on any atom is -0.292 e. The zero-order valence-electron chi connectivity index (χ0n) is 13.5. The summed E-state index contributed by atoms with van der Waals surface area (Å²) in [6, 6.07) is 16.6. The molecule has 0 aromatic heterocycles. The fraction of sp³-hybridized carbons (Fsp3) is 0.278. The Labute approximate surface area is 137 Å². The standard InChI is InChI=1S/C18H21NO3S/c1-18(2,3)23(21,22)19-16(14-10-6-4-7-11-14)17(20)15-12-8-5-9-13-15/h4-13,16,19H,1-3H3/t16-/m0/s1. The Kier molecular flexibility index (Phi) is 5.02. The monoisotopic (exact) mass is 331 g/mol. The molecular formula is C18H21NO3S. The van der Waals surface area contributed by atoms with Crippen molar-refractivity contribution in [2.45, 2.75) is 31.6 Å². The molecule has 0 saturated heterocycles. The van der Waals surface area contributed by atoms with Crippen LogP contribution in [0.2, 0.25) is 0 Å². The third-order valence-electron chi connectivity index (χ3n) is 3.53. The SMILES string of the molecule is CC(C)(C)S(=O)(=O)N[C@H](C(=O)c1ccccc1)c1ccccc1. The minimum atomic E-state index is -3.67. The normalized spacial score (nSPS) is 13.5. The van der Waals surface area contributed by atoms with Gasteiger partial charge in [-0.2, -0.15) is 4.72 Å². The number of rotatable bonds is 5. The molecule has 2 aromatic carbocycles. The second-order valence-electron chi connectivity index (χ2n) is 6.31. The van der Waals surface area contributed by atoms with Crippen LogP contribution in [0.25, 0.3) is 0 Å². The third-order valence-corrected chi connectivity index (χ3v) is 5.69. The first-order valence-corrected chi connectivity index (χ1v) is 8.87. The highest BCUT2D eigenvalue weighted by atomic mass is 32.2. The van der Waals surface area contributed by atoms with E-state index in [1.54, 1.807) is 69.3 Å². The molecule has 5 heteroatoms. The average molecular weight is 331 g/mol. The van der Waals surface area contributed by atoms with Gasteiger partial charge in [0.05, 0.1) is 4.75 Å². The van der Waals surface area contributed by atoms with Crippen LogP contribution in [0.5, 0.6) is 0 Å². The van der Waals surface area contributed by atoms with Crippen LogP contribution in [0.3, 0.4) is 0 Å². The second-order valence-corrected chi connectivity index (χ2v) is 8.77. The van der Waals surface area contributed by atoms with Gasteiger partial charge in [-0.3, -0.25) is 4.79 Å². The summed E-state index contributed by atoms with van der Waals surface area (Å²) in [5, 5.41) is 0. The van der Waals surface area contributed by atoms with E-state index >= 15 is 0 Å². The molecular weight excluding hydrogens is 310 g/mol. The van der Waals surface area contributed by atoms with Gasteiger partial charge in [0.1, 0.15) is 6.04 Å². The van der Waals surface area contributed by atoms with Crippen LogP contribution < -0.4 is 4.72 Å². The molecule has 0 aliphatic rings. The summed E-state index contributed by atoms with van der Waals surface area (Å²) >= 11 is 0. The predicted octanol–water partition coefficient (Wildman–Crippen LogP) is 3.33. The Morgan fingerprint density at radius 3 is 1.87 bits per heavy atom. The van der Waals surface area contributed by atoms with Gasteiger partial charge in [-0.1, -0.05) is 60.7 Å². The average Bonchev–Trinajstić information content (AvgIpc) is 2.52. The lowest BCUT2D eigenvalue weighted by Gasteiger charge is -2.25. The van der Waals surface area contributed by atoms with E-state index in [0.717, 1.165) is 0 Å². The predicted molar refractivity (Wildman–Crippen MR) is 91.8 cm³/mol. The number of Topliss-reactive ketones (excluding diaryl/α,β-unsaturated/α-hetero) is 1. The molecule has 2 aromatic rings. The molecule has 0 amide bonds. The number of carbonyl (C=O) groups excluding carboxylic acids is 1. The molecule has 0 fully saturated rings. The number of hydrogen-bond acceptors (Lipinski definition) is 3. The van der Waals surface area contributed by atoms with Crippen molar-refractivity contribution in [2.75, 3.05) is 0 Å². The van der Waals surface area contributed by atoms with Crippen LogP contribution in [-0.2, 0) is 10.0 Å². The van der Waals surface area contributed by atoms with Gasteiger partial charge in [0.25, 0.3) is 0 Å². The first kappa shape index (κ1) is 17.4. The molecule has 0 aliphatic carbocycles. The molecule has 0 spiro atoms. The number of hydrogen-bond donors (Lipinski definition) is 1. The zero-order valence-corrected chi connectivity index (χ0v) is 14.3. The van der Waals surface area contributed by atoms with Crippen molar-refractivity contribution in [1.29, 1.82) is 0 Å². The fourth-order valence-electron chi connectivity index (χ4n) is 2.02. The molecule has 23 heavy (non-hydrogen) atoms. The molecule has 4 nitrogen and oxygen atoms in total. The Hall–Kier alpha value is -1.98. The van der Waals surface area contributed by atoms with Crippen molar-refractivity contribution >= 4 is 15.8 Å². The number of sulfonamides is 1. The molecule has 2 rings (SSSR count). The van der Waals surface area contributed by atoms with Crippen molar-refractivity contribution in [3.8, 4) is 0 Å². The summed E-state index contributed by atoms with van der Waals surface area (Å²) < 4.78 is 26.6. The highest BCUT2D eigenvalue weighted by molar-refractivity contribution is 7.90. The van der Waals surface area contributed by atoms with E-state index in [4.69, 9.17) is 0 Å². The van der Waals surface area contributed by atoms with E-state index in [1.165, 1.54) is 0 Å². The van der Waals surface area contributed by atoms with Crippen LogP contribution in [0, 0.1) is 0 Å². The minimum absolute atomic E-state index is 0.273. The van der Waals surface area contributed by atoms with E-state index < -0.39 is 20.8 Å². The summed E-state index contributed by atoms with van der Waals surface area (Å²) in [4.78, 5) is 12.8. The van der Waals surface area contributed by atoms with E-state index in [-0.39, 0.29) is 5.78 Å². The van der Waals surface area contributed by atoms with Crippen molar-refractivity contribution < 1.29 is 13.2 Å². The number of nitrogens with one attached hydrogen (secondary N) is 1. The summed E-state index contributed by atoms with van der Waals surface area (Å²) in [5.74, 6) is -0.273. The van der Waals surface area contributed by atoms with Crippen molar-refractivity contribution in [1.82, 2.24) is 4.72 Å². The number of ketones is 1. The summed E-state index contributed by atoms with van der Waals surface area (Å²) in [7, 11) is -3.67. The Morgan fingerprint density at radius 1 is 0.913 bits per heavy atom. The third kappa shape index (κ3) is 4.06. The quantitative estimate of drug-likeness (QED) is 0.855. The first-order chi connectivity index (χ1) is 10.7. The van der Waals surface area contributed by atoms with E-state index in [1.807, 2.05) is 12.1 Å². The highest BCUT2D eigenvalue weighted by Crippen LogP contribution is 2.23. The lowest BCUT2D eigenvalue weighted by atomic mass is 9.98. The van der Waals surface area contributed by atoms with Crippen LogP contribution in [0.1, 0.15) is 42.7 Å². The molecule has 1 atom stereocenters. The summed E-state index contributed by atoms with van der Waals surface area (Å²) in [6.45, 7) is 4.80. The van der Waals surface area contributed by atoms with E-state index in [0.29, 0.717) is 11.1 Å². The first-order valence-electron chi connectivity index (χ1n) is 7.38. The van der Waals surface area contributed by atoms with Crippen LogP contribution in [0.15, 0.2) is 60.7 Å². The molecule has 0 saturated carbocycles. The highest BCUT2D eigenvalue weighted by Gasteiger charge is 2.34. The maximum Gasteiger partial charge on any atom is 0.217 e. The maximum absolute atomic E-state index is 12.8. The topological polar surface area (TPSA) is 63.2 Å². The molecule has 0 radical (unpaired) electrons. The van der Waals surface area contributed by atoms with Gasteiger partial charge in [-0.05, 0) is 26.3 Å². The smallest absolute Gasteiger partial charge is 0.217 e. The number of benzene rings is 2. The molecule has 0 bridgehead atoms. The fourth-order valence-corrected chi connectivity index (χ4v) is 2.93. The molecule has 0 aliphatic heterocycles. The molecule has 122 valence electrons. The zero-order chi connectivity index (χ0) is 17.1. The van der Waals surface area contributed by atoms with Crippen molar-refractivity contribution in [3.63, 3.8) is 0 Å². The van der Waals surface area contributed by atoms with Gasteiger partial charge in [0.15, 0.2) is 5.78 Å². The largest absolute Gasteiger partial charge is 0.292 e. The summed E-state index contributed by atoms with van der Waals surface area (Å²) in [5.41, 5.74) is 1.09. The van der Waals surface area contributed by atoms with Crippen LogP contribution in [0.4, 0.5) is 0 Å². The van der Waals surface area contributed by atoms with Crippen molar-refractivity contribution in [2.24, 2.45) is 0 Å². The number of carbonyl (C=O) groups is 1. The second kappa shape index (κ2) is 6.64. The Morgan fingerprint density at radius 2 is 1.39 bits per heavy atom. The molecule has 1 N–H and O–H groups in total. The van der Waals surface area contributed by atoms with E-state index in [9.17, 15) is 13.2 Å².